The molecule has 1 aromatic heterocycles. The van der Waals surface area contributed by atoms with Crippen LogP contribution in [0.1, 0.15) is 22.5 Å². The van der Waals surface area contributed by atoms with Crippen molar-refractivity contribution in [2.45, 2.75) is 19.4 Å². The van der Waals surface area contributed by atoms with Gasteiger partial charge in [0.05, 0.1) is 30.2 Å². The fraction of sp³-hybridized carbons (Fsp3) is 0.353. The molecule has 0 saturated carbocycles. The molecule has 1 aromatic carbocycles. The van der Waals surface area contributed by atoms with Crippen LogP contribution in [-0.4, -0.2) is 52.7 Å². The van der Waals surface area contributed by atoms with E-state index in [-0.39, 0.29) is 12.3 Å². The lowest BCUT2D eigenvalue weighted by Crippen LogP contribution is -2.46. The van der Waals surface area contributed by atoms with Gasteiger partial charge < -0.3 is 14.7 Å². The lowest BCUT2D eigenvalue weighted by Gasteiger charge is -2.32. The molecule has 1 amide bonds. The standard InChI is InChI=1S/C17H18N2O4/c1-11-8-14(13-4-2-3-5-15(13)18-11)17(22)19-6-7-23-12(10-19)9-16(20)21/h2-5,8,12H,6-7,9-10H2,1H3,(H,20,21)/t12-/m1/s1. The van der Waals surface area contributed by atoms with Gasteiger partial charge in [0.15, 0.2) is 0 Å². The van der Waals surface area contributed by atoms with Crippen LogP contribution in [0, 0.1) is 6.92 Å². The second-order valence-electron chi connectivity index (χ2n) is 5.67. The molecule has 3 rings (SSSR count). The summed E-state index contributed by atoms with van der Waals surface area (Å²) in [5.41, 5.74) is 2.16. The predicted octanol–water partition coefficient (Wildman–Crippen LogP) is 1.86. The molecule has 1 atom stereocenters. The van der Waals surface area contributed by atoms with Crippen LogP contribution in [-0.2, 0) is 9.53 Å². The summed E-state index contributed by atoms with van der Waals surface area (Å²) in [6, 6.07) is 9.31. The van der Waals surface area contributed by atoms with E-state index in [4.69, 9.17) is 9.84 Å². The summed E-state index contributed by atoms with van der Waals surface area (Å²) >= 11 is 0. The molecule has 1 fully saturated rings. The topological polar surface area (TPSA) is 79.7 Å². The summed E-state index contributed by atoms with van der Waals surface area (Å²) in [5, 5.41) is 9.70. The largest absolute Gasteiger partial charge is 0.481 e. The molecule has 120 valence electrons. The average molecular weight is 314 g/mol. The molecule has 1 aliphatic heterocycles. The summed E-state index contributed by atoms with van der Waals surface area (Å²) in [6.07, 6.45) is -0.556. The maximum Gasteiger partial charge on any atom is 0.306 e. The zero-order valence-corrected chi connectivity index (χ0v) is 12.9. The Hall–Kier alpha value is -2.47. The SMILES string of the molecule is Cc1cc(C(=O)N2CCO[C@H](CC(=O)O)C2)c2ccccc2n1. The van der Waals surface area contributed by atoms with E-state index in [1.165, 1.54) is 0 Å². The first-order chi connectivity index (χ1) is 11.0. The molecule has 0 radical (unpaired) electrons. The second kappa shape index (κ2) is 6.34. The second-order valence-corrected chi connectivity index (χ2v) is 5.67. The van der Waals surface area contributed by atoms with Gasteiger partial charge in [-0.15, -0.1) is 0 Å². The minimum Gasteiger partial charge on any atom is -0.481 e. The summed E-state index contributed by atoms with van der Waals surface area (Å²) in [4.78, 5) is 29.8. The van der Waals surface area contributed by atoms with Gasteiger partial charge >= 0.3 is 5.97 Å². The van der Waals surface area contributed by atoms with E-state index in [0.29, 0.717) is 25.3 Å². The van der Waals surface area contributed by atoms with Gasteiger partial charge in [-0.1, -0.05) is 18.2 Å². The van der Waals surface area contributed by atoms with Crippen LogP contribution in [0.25, 0.3) is 10.9 Å². The number of fused-ring (bicyclic) bond motifs is 1. The summed E-state index contributed by atoms with van der Waals surface area (Å²) in [5.74, 6) is -1.03. The molecule has 0 unspecified atom stereocenters. The quantitative estimate of drug-likeness (QED) is 0.935. The Labute approximate surface area is 133 Å². The molecule has 0 bridgehead atoms. The highest BCUT2D eigenvalue weighted by Gasteiger charge is 2.27. The van der Waals surface area contributed by atoms with Crippen molar-refractivity contribution in [1.82, 2.24) is 9.88 Å². The van der Waals surface area contributed by atoms with Gasteiger partial charge in [0, 0.05) is 24.2 Å². The van der Waals surface area contributed by atoms with Crippen molar-refractivity contribution in [2.24, 2.45) is 0 Å². The number of ether oxygens (including phenoxy) is 1. The van der Waals surface area contributed by atoms with Crippen molar-refractivity contribution in [3.8, 4) is 0 Å². The zero-order chi connectivity index (χ0) is 16.4. The van der Waals surface area contributed by atoms with Crippen LogP contribution >= 0.6 is 0 Å². The number of benzene rings is 1. The molecule has 2 aromatic rings. The van der Waals surface area contributed by atoms with Crippen LogP contribution in [0.15, 0.2) is 30.3 Å². The number of carbonyl (C=O) groups is 2. The first kappa shape index (κ1) is 15.4. The van der Waals surface area contributed by atoms with Crippen molar-refractivity contribution in [3.63, 3.8) is 0 Å². The number of morpholine rings is 1. The molecule has 1 aliphatic rings. The minimum absolute atomic E-state index is 0.0973. The first-order valence-corrected chi connectivity index (χ1v) is 7.53. The number of para-hydroxylation sites is 1. The third kappa shape index (κ3) is 3.32. The van der Waals surface area contributed by atoms with Crippen molar-refractivity contribution in [2.75, 3.05) is 19.7 Å². The monoisotopic (exact) mass is 314 g/mol. The summed E-state index contributed by atoms with van der Waals surface area (Å²) in [7, 11) is 0. The van der Waals surface area contributed by atoms with Crippen molar-refractivity contribution in [1.29, 1.82) is 0 Å². The molecule has 23 heavy (non-hydrogen) atoms. The smallest absolute Gasteiger partial charge is 0.306 e. The van der Waals surface area contributed by atoms with E-state index in [1.54, 1.807) is 11.0 Å². The van der Waals surface area contributed by atoms with Crippen molar-refractivity contribution >= 4 is 22.8 Å². The van der Waals surface area contributed by atoms with Crippen LogP contribution in [0.3, 0.4) is 0 Å². The summed E-state index contributed by atoms with van der Waals surface area (Å²) in [6.45, 7) is 2.97. The number of carbonyl (C=O) groups excluding carboxylic acids is 1. The molecular formula is C17H18N2O4. The predicted molar refractivity (Wildman–Crippen MR) is 84.4 cm³/mol. The molecule has 1 N–H and O–H groups in total. The normalized spacial score (nSPS) is 18.1. The Morgan fingerprint density at radius 1 is 1.39 bits per heavy atom. The number of carboxylic acid groups (broad SMARTS) is 1. The number of carboxylic acids is 1. The molecule has 0 aliphatic carbocycles. The first-order valence-electron chi connectivity index (χ1n) is 7.53. The molecular weight excluding hydrogens is 296 g/mol. The average Bonchev–Trinajstić information content (AvgIpc) is 2.53. The van der Waals surface area contributed by atoms with Gasteiger partial charge in [0.25, 0.3) is 5.91 Å². The number of pyridine rings is 1. The summed E-state index contributed by atoms with van der Waals surface area (Å²) < 4.78 is 5.43. The Bertz CT molecular complexity index is 759. The molecule has 6 nitrogen and oxygen atoms in total. The van der Waals surface area contributed by atoms with Crippen LogP contribution in [0.2, 0.25) is 0 Å². The third-order valence-corrected chi connectivity index (χ3v) is 3.90. The Morgan fingerprint density at radius 2 is 2.17 bits per heavy atom. The van der Waals surface area contributed by atoms with Gasteiger partial charge in [-0.3, -0.25) is 14.6 Å². The van der Waals surface area contributed by atoms with Crippen LogP contribution < -0.4 is 0 Å². The van der Waals surface area contributed by atoms with E-state index in [2.05, 4.69) is 4.98 Å². The fourth-order valence-corrected chi connectivity index (χ4v) is 2.88. The van der Waals surface area contributed by atoms with Crippen molar-refractivity contribution in [3.05, 3.63) is 41.6 Å². The third-order valence-electron chi connectivity index (χ3n) is 3.90. The molecule has 6 heteroatoms. The maximum atomic E-state index is 12.9. The van der Waals surface area contributed by atoms with Crippen LogP contribution in [0.4, 0.5) is 0 Å². The van der Waals surface area contributed by atoms with E-state index >= 15 is 0 Å². The van der Waals surface area contributed by atoms with Gasteiger partial charge in [-0.2, -0.15) is 0 Å². The highest BCUT2D eigenvalue weighted by molar-refractivity contribution is 6.06. The lowest BCUT2D eigenvalue weighted by molar-refractivity contribution is -0.141. The highest BCUT2D eigenvalue weighted by Crippen LogP contribution is 2.21. The van der Waals surface area contributed by atoms with Crippen LogP contribution in [0.5, 0.6) is 0 Å². The van der Waals surface area contributed by atoms with E-state index in [9.17, 15) is 9.59 Å². The van der Waals surface area contributed by atoms with E-state index in [0.717, 1.165) is 16.6 Å². The Balaban J connectivity index is 1.89. The maximum absolute atomic E-state index is 12.9. The number of aryl methyl sites for hydroxylation is 1. The number of hydrogen-bond donors (Lipinski definition) is 1. The number of nitrogens with zero attached hydrogens (tertiary/aromatic N) is 2. The van der Waals surface area contributed by atoms with Gasteiger partial charge in [0.1, 0.15) is 0 Å². The van der Waals surface area contributed by atoms with E-state index < -0.39 is 12.1 Å². The molecule has 1 saturated heterocycles. The zero-order valence-electron chi connectivity index (χ0n) is 12.9. The minimum atomic E-state index is -0.922. The fourth-order valence-electron chi connectivity index (χ4n) is 2.88. The Kier molecular flexibility index (Phi) is 4.25. The molecule has 0 spiro atoms. The van der Waals surface area contributed by atoms with Gasteiger partial charge in [0.2, 0.25) is 0 Å². The van der Waals surface area contributed by atoms with E-state index in [1.807, 2.05) is 31.2 Å². The number of aromatic nitrogens is 1. The van der Waals surface area contributed by atoms with Gasteiger partial charge in [-0.25, -0.2) is 0 Å². The number of amides is 1. The number of hydrogen-bond acceptors (Lipinski definition) is 4. The Morgan fingerprint density at radius 3 is 2.96 bits per heavy atom. The number of rotatable bonds is 3. The highest BCUT2D eigenvalue weighted by atomic mass is 16.5. The van der Waals surface area contributed by atoms with Gasteiger partial charge in [-0.05, 0) is 19.1 Å². The molecule has 2 heterocycles. The van der Waals surface area contributed by atoms with Crippen molar-refractivity contribution < 1.29 is 19.4 Å². The lowest BCUT2D eigenvalue weighted by atomic mass is 10.1. The number of aliphatic carboxylic acids is 1.